The predicted octanol–water partition coefficient (Wildman–Crippen LogP) is 1.31. The third-order valence-corrected chi connectivity index (χ3v) is 1.61. The van der Waals surface area contributed by atoms with Crippen molar-refractivity contribution < 1.29 is 9.90 Å². The number of aromatic carboxylic acids is 1. The van der Waals surface area contributed by atoms with Gasteiger partial charge in [-0.2, -0.15) is 5.26 Å². The highest BCUT2D eigenvalue weighted by atomic mass is 32.1. The summed E-state index contributed by atoms with van der Waals surface area (Å²) in [5.41, 5.74) is 0.199. The number of hydrogen-bond donors (Lipinski definition) is 2. The summed E-state index contributed by atoms with van der Waals surface area (Å²) in [6, 6.07) is 3.03. The molecule has 0 fully saturated rings. The second kappa shape index (κ2) is 3.15. The molecule has 0 amide bonds. The van der Waals surface area contributed by atoms with E-state index in [0.717, 1.165) is 0 Å². The van der Waals surface area contributed by atoms with Crippen LogP contribution in [0.5, 0.6) is 0 Å². The zero-order valence-electron chi connectivity index (χ0n) is 5.87. The molecular weight excluding hydrogens is 176 g/mol. The molecule has 1 aromatic rings. The number of carboxylic acids is 1. The summed E-state index contributed by atoms with van der Waals surface area (Å²) in [6.07, 6.45) is 1.26. The normalized spacial score (nSPS) is 8.92. The summed E-state index contributed by atoms with van der Waals surface area (Å²) in [5, 5.41) is 17.0. The first-order chi connectivity index (χ1) is 5.65. The molecule has 0 atom stereocenters. The monoisotopic (exact) mass is 180 g/mol. The molecule has 0 saturated carbocycles. The van der Waals surface area contributed by atoms with Gasteiger partial charge in [0.25, 0.3) is 0 Å². The van der Waals surface area contributed by atoms with Crippen molar-refractivity contribution in [2.45, 2.75) is 0 Å². The third kappa shape index (κ3) is 1.49. The maximum Gasteiger partial charge on any atom is 0.337 e. The molecule has 12 heavy (non-hydrogen) atoms. The largest absolute Gasteiger partial charge is 0.478 e. The first kappa shape index (κ1) is 8.43. The Morgan fingerprint density at radius 2 is 2.42 bits per heavy atom. The standard InChI is InChI=1S/C7H4N2O2S/c8-2-4-1-5(7(10)11)3-9-6(4)12/h1,3H,(H,9,12)(H,10,11). The van der Waals surface area contributed by atoms with Gasteiger partial charge < -0.3 is 10.1 Å². The van der Waals surface area contributed by atoms with Crippen molar-refractivity contribution in [2.75, 3.05) is 0 Å². The maximum atomic E-state index is 10.4. The summed E-state index contributed by atoms with van der Waals surface area (Å²) in [6.45, 7) is 0. The Morgan fingerprint density at radius 3 is 2.92 bits per heavy atom. The molecule has 0 aliphatic rings. The van der Waals surface area contributed by atoms with Crippen molar-refractivity contribution in [2.24, 2.45) is 0 Å². The van der Waals surface area contributed by atoms with E-state index in [4.69, 9.17) is 22.6 Å². The second-order valence-electron chi connectivity index (χ2n) is 2.05. The molecule has 0 bridgehead atoms. The van der Waals surface area contributed by atoms with Crippen LogP contribution >= 0.6 is 12.2 Å². The van der Waals surface area contributed by atoms with Gasteiger partial charge in [0.05, 0.1) is 11.1 Å². The van der Waals surface area contributed by atoms with Crippen LogP contribution in [0.1, 0.15) is 15.9 Å². The smallest absolute Gasteiger partial charge is 0.337 e. The third-order valence-electron chi connectivity index (χ3n) is 1.27. The van der Waals surface area contributed by atoms with E-state index in [1.807, 2.05) is 0 Å². The molecule has 1 heterocycles. The van der Waals surface area contributed by atoms with Crippen LogP contribution in [0.25, 0.3) is 0 Å². The number of nitrogens with zero attached hydrogens (tertiary/aromatic N) is 1. The van der Waals surface area contributed by atoms with E-state index in [1.165, 1.54) is 12.3 Å². The van der Waals surface area contributed by atoms with Gasteiger partial charge in [-0.25, -0.2) is 4.79 Å². The van der Waals surface area contributed by atoms with Gasteiger partial charge in [-0.3, -0.25) is 0 Å². The molecule has 0 radical (unpaired) electrons. The van der Waals surface area contributed by atoms with Crippen LogP contribution in [0, 0.1) is 16.0 Å². The molecular formula is C7H4N2O2S. The van der Waals surface area contributed by atoms with Crippen LogP contribution in [0.4, 0.5) is 0 Å². The molecule has 0 aliphatic carbocycles. The lowest BCUT2D eigenvalue weighted by atomic mass is 10.2. The number of H-pyrrole nitrogens is 1. The topological polar surface area (TPSA) is 76.9 Å². The van der Waals surface area contributed by atoms with E-state index >= 15 is 0 Å². The Bertz CT molecular complexity index is 416. The molecule has 1 rings (SSSR count). The van der Waals surface area contributed by atoms with Crippen LogP contribution in [0.2, 0.25) is 0 Å². The number of rotatable bonds is 1. The van der Waals surface area contributed by atoms with Crippen molar-refractivity contribution in [3.8, 4) is 6.07 Å². The zero-order valence-corrected chi connectivity index (χ0v) is 6.68. The summed E-state index contributed by atoms with van der Waals surface area (Å²) >= 11 is 4.73. The molecule has 0 aromatic carbocycles. The van der Waals surface area contributed by atoms with Gasteiger partial charge in [-0.1, -0.05) is 12.2 Å². The lowest BCUT2D eigenvalue weighted by Gasteiger charge is -1.93. The van der Waals surface area contributed by atoms with E-state index in [2.05, 4.69) is 4.98 Å². The second-order valence-corrected chi connectivity index (χ2v) is 2.46. The minimum absolute atomic E-state index is 0.0279. The lowest BCUT2D eigenvalue weighted by molar-refractivity contribution is 0.0696. The zero-order chi connectivity index (χ0) is 9.14. The quantitative estimate of drug-likeness (QED) is 0.639. The summed E-state index contributed by atoms with van der Waals surface area (Å²) in [5.74, 6) is -1.09. The Morgan fingerprint density at radius 1 is 1.75 bits per heavy atom. The van der Waals surface area contributed by atoms with Gasteiger partial charge in [0, 0.05) is 6.20 Å². The number of pyridine rings is 1. The number of carboxylic acid groups (broad SMARTS) is 1. The molecule has 0 unspecified atom stereocenters. The Hall–Kier alpha value is -1.67. The molecule has 60 valence electrons. The first-order valence-electron chi connectivity index (χ1n) is 3.01. The average Bonchev–Trinajstić information content (AvgIpc) is 2.05. The molecule has 0 spiro atoms. The number of aromatic amines is 1. The van der Waals surface area contributed by atoms with E-state index in [9.17, 15) is 4.79 Å². The minimum Gasteiger partial charge on any atom is -0.478 e. The molecule has 0 saturated heterocycles. The van der Waals surface area contributed by atoms with Gasteiger partial charge in [0.1, 0.15) is 10.7 Å². The molecule has 1 aromatic heterocycles. The van der Waals surface area contributed by atoms with Gasteiger partial charge in [0.2, 0.25) is 0 Å². The fraction of sp³-hybridized carbons (Fsp3) is 0. The summed E-state index contributed by atoms with van der Waals surface area (Å²) in [7, 11) is 0. The van der Waals surface area contributed by atoms with E-state index in [1.54, 1.807) is 6.07 Å². The van der Waals surface area contributed by atoms with Crippen molar-refractivity contribution in [3.05, 3.63) is 28.0 Å². The Balaban J connectivity index is 3.35. The van der Waals surface area contributed by atoms with Crippen molar-refractivity contribution in [1.29, 1.82) is 5.26 Å². The summed E-state index contributed by atoms with van der Waals surface area (Å²) in [4.78, 5) is 12.9. The maximum absolute atomic E-state index is 10.4. The number of aromatic nitrogens is 1. The minimum atomic E-state index is -1.09. The summed E-state index contributed by atoms with van der Waals surface area (Å²) < 4.78 is 0.252. The molecule has 2 N–H and O–H groups in total. The van der Waals surface area contributed by atoms with Gasteiger partial charge in [0.15, 0.2) is 0 Å². The number of nitrogens with one attached hydrogen (secondary N) is 1. The van der Waals surface area contributed by atoms with Crippen LogP contribution < -0.4 is 0 Å². The SMILES string of the molecule is N#Cc1cc(C(=O)O)c[nH]c1=S. The lowest BCUT2D eigenvalue weighted by Crippen LogP contribution is -1.98. The predicted molar refractivity (Wildman–Crippen MR) is 43.3 cm³/mol. The van der Waals surface area contributed by atoms with Gasteiger partial charge in [-0.05, 0) is 6.07 Å². The Labute approximate surface area is 73.1 Å². The van der Waals surface area contributed by atoms with Crippen LogP contribution in [0.3, 0.4) is 0 Å². The fourth-order valence-corrected chi connectivity index (χ4v) is 0.854. The highest BCUT2D eigenvalue weighted by Crippen LogP contribution is 2.03. The van der Waals surface area contributed by atoms with E-state index in [-0.39, 0.29) is 15.8 Å². The van der Waals surface area contributed by atoms with Crippen molar-refractivity contribution in [1.82, 2.24) is 4.98 Å². The van der Waals surface area contributed by atoms with E-state index in [0.29, 0.717) is 0 Å². The molecule has 5 heteroatoms. The van der Waals surface area contributed by atoms with Crippen LogP contribution in [-0.4, -0.2) is 16.1 Å². The number of carbonyl (C=O) groups is 1. The molecule has 4 nitrogen and oxygen atoms in total. The van der Waals surface area contributed by atoms with Crippen LogP contribution in [0.15, 0.2) is 12.3 Å². The van der Waals surface area contributed by atoms with Gasteiger partial charge in [-0.15, -0.1) is 0 Å². The number of hydrogen-bond acceptors (Lipinski definition) is 3. The molecule has 0 aliphatic heterocycles. The van der Waals surface area contributed by atoms with Crippen molar-refractivity contribution >= 4 is 18.2 Å². The highest BCUT2D eigenvalue weighted by Gasteiger charge is 2.03. The van der Waals surface area contributed by atoms with E-state index < -0.39 is 5.97 Å². The fourth-order valence-electron chi connectivity index (χ4n) is 0.690. The van der Waals surface area contributed by atoms with Gasteiger partial charge >= 0.3 is 5.97 Å². The van der Waals surface area contributed by atoms with Crippen LogP contribution in [-0.2, 0) is 0 Å². The Kier molecular flexibility index (Phi) is 2.21. The number of nitriles is 1. The highest BCUT2D eigenvalue weighted by molar-refractivity contribution is 7.71. The van der Waals surface area contributed by atoms with Crippen molar-refractivity contribution in [3.63, 3.8) is 0 Å². The first-order valence-corrected chi connectivity index (χ1v) is 3.42. The average molecular weight is 180 g/mol.